The third-order valence-electron chi connectivity index (χ3n) is 2.02. The highest BCUT2D eigenvalue weighted by atomic mass is 79.9. The van der Waals surface area contributed by atoms with Crippen LogP contribution in [-0.2, 0) is 0 Å². The molecule has 1 aromatic heterocycles. The van der Waals surface area contributed by atoms with E-state index in [-0.39, 0.29) is 0 Å². The molecule has 15 heavy (non-hydrogen) atoms. The van der Waals surface area contributed by atoms with Crippen LogP contribution in [0.25, 0.3) is 0 Å². The number of aromatic nitrogens is 1. The minimum Gasteiger partial charge on any atom is -0.249 e. The molecular formula is C11H16BrNS2. The molecule has 0 N–H and O–H groups in total. The van der Waals surface area contributed by atoms with E-state index in [0.29, 0.717) is 0 Å². The number of thioether (sulfide) groups is 1. The molecule has 0 aliphatic heterocycles. The lowest BCUT2D eigenvalue weighted by atomic mass is 10.2. The largest absolute Gasteiger partial charge is 0.249 e. The molecule has 0 saturated carbocycles. The van der Waals surface area contributed by atoms with Gasteiger partial charge in [0.25, 0.3) is 0 Å². The second kappa shape index (κ2) is 8.48. The van der Waals surface area contributed by atoms with Crippen molar-refractivity contribution in [3.63, 3.8) is 0 Å². The molecule has 0 unspecified atom stereocenters. The number of hydrogen-bond acceptors (Lipinski definition) is 3. The quantitative estimate of drug-likeness (QED) is 0.455. The predicted molar refractivity (Wildman–Crippen MR) is 75.0 cm³/mol. The number of nitrogens with zero attached hydrogens (tertiary/aromatic N) is 1. The van der Waals surface area contributed by atoms with E-state index in [1.165, 1.54) is 25.7 Å². The molecule has 4 heteroatoms. The average molecular weight is 306 g/mol. The zero-order valence-electron chi connectivity index (χ0n) is 8.66. The normalized spacial score (nSPS) is 10.5. The fourth-order valence-corrected chi connectivity index (χ4v) is 2.92. The molecule has 0 atom stereocenters. The van der Waals surface area contributed by atoms with Crippen molar-refractivity contribution in [3.8, 4) is 0 Å². The van der Waals surface area contributed by atoms with E-state index in [1.54, 1.807) is 0 Å². The second-order valence-electron chi connectivity index (χ2n) is 3.28. The Morgan fingerprint density at radius 1 is 1.27 bits per heavy atom. The van der Waals surface area contributed by atoms with E-state index in [2.05, 4.69) is 33.5 Å². The van der Waals surface area contributed by atoms with Gasteiger partial charge in [0.2, 0.25) is 0 Å². The number of hydrogen-bond donors (Lipinski definition) is 1. The molecule has 0 fully saturated rings. The number of halogens is 1. The third-order valence-corrected chi connectivity index (χ3v) is 4.33. The minimum atomic E-state index is 1.01. The van der Waals surface area contributed by atoms with E-state index in [0.717, 1.165) is 21.0 Å². The van der Waals surface area contributed by atoms with E-state index in [9.17, 15) is 0 Å². The first-order chi connectivity index (χ1) is 7.34. The first-order valence-electron chi connectivity index (χ1n) is 5.19. The van der Waals surface area contributed by atoms with Gasteiger partial charge in [0.15, 0.2) is 0 Å². The summed E-state index contributed by atoms with van der Waals surface area (Å²) in [6.07, 6.45) is 6.95. The van der Waals surface area contributed by atoms with E-state index in [4.69, 9.17) is 0 Å². The Kier molecular flexibility index (Phi) is 7.57. The highest BCUT2D eigenvalue weighted by Gasteiger charge is 1.99. The summed E-state index contributed by atoms with van der Waals surface area (Å²) in [5.41, 5.74) is 0. The third kappa shape index (κ3) is 5.83. The van der Waals surface area contributed by atoms with Crippen LogP contribution in [0.5, 0.6) is 0 Å². The van der Waals surface area contributed by atoms with Crippen molar-refractivity contribution in [2.45, 2.75) is 30.7 Å². The molecular weight excluding hydrogens is 290 g/mol. The molecule has 0 saturated heterocycles. The van der Waals surface area contributed by atoms with Crippen molar-refractivity contribution >= 4 is 40.3 Å². The summed E-state index contributed by atoms with van der Waals surface area (Å²) < 4.78 is 1.10. The maximum atomic E-state index is 4.32. The smallest absolute Gasteiger partial charge is 0.110 e. The molecule has 1 heterocycles. The summed E-state index contributed by atoms with van der Waals surface area (Å²) in [5.74, 6) is 2.17. The van der Waals surface area contributed by atoms with E-state index < -0.39 is 0 Å². The molecule has 1 rings (SSSR count). The molecule has 0 aliphatic rings. The fraction of sp³-hybridized carbons (Fsp3) is 0.545. The number of pyridine rings is 1. The molecule has 0 radical (unpaired) electrons. The van der Waals surface area contributed by atoms with Gasteiger partial charge in [-0.1, -0.05) is 12.8 Å². The Balaban J connectivity index is 2.12. The Labute approximate surface area is 110 Å². The second-order valence-corrected chi connectivity index (χ2v) is 5.66. The highest BCUT2D eigenvalue weighted by Crippen LogP contribution is 2.25. The van der Waals surface area contributed by atoms with Crippen LogP contribution in [0.1, 0.15) is 25.7 Å². The average Bonchev–Trinajstić information content (AvgIpc) is 2.25. The van der Waals surface area contributed by atoms with Crippen LogP contribution in [0.2, 0.25) is 0 Å². The van der Waals surface area contributed by atoms with Gasteiger partial charge in [-0.25, -0.2) is 4.98 Å². The van der Waals surface area contributed by atoms with Gasteiger partial charge >= 0.3 is 0 Å². The van der Waals surface area contributed by atoms with Gasteiger partial charge in [-0.15, -0.1) is 11.8 Å². The maximum absolute atomic E-state index is 4.32. The van der Waals surface area contributed by atoms with Crippen LogP contribution in [0.15, 0.2) is 27.8 Å². The lowest BCUT2D eigenvalue weighted by Gasteiger charge is -2.02. The topological polar surface area (TPSA) is 12.9 Å². The summed E-state index contributed by atoms with van der Waals surface area (Å²) in [6.45, 7) is 0. The number of rotatable bonds is 7. The van der Waals surface area contributed by atoms with Gasteiger partial charge in [0.1, 0.15) is 5.03 Å². The first kappa shape index (κ1) is 13.4. The van der Waals surface area contributed by atoms with Gasteiger partial charge in [-0.3, -0.25) is 0 Å². The van der Waals surface area contributed by atoms with Crippen LogP contribution in [0.3, 0.4) is 0 Å². The summed E-state index contributed by atoms with van der Waals surface area (Å²) in [7, 11) is 0. The van der Waals surface area contributed by atoms with Crippen LogP contribution in [0, 0.1) is 0 Å². The zero-order chi connectivity index (χ0) is 10.9. The van der Waals surface area contributed by atoms with Gasteiger partial charge < -0.3 is 0 Å². The van der Waals surface area contributed by atoms with Crippen LogP contribution < -0.4 is 0 Å². The van der Waals surface area contributed by atoms with E-state index in [1.807, 2.05) is 30.1 Å². The molecule has 1 nitrogen and oxygen atoms in total. The Bertz CT molecular complexity index is 281. The molecule has 1 aromatic rings. The highest BCUT2D eigenvalue weighted by molar-refractivity contribution is 9.10. The van der Waals surface area contributed by atoms with Gasteiger partial charge in [0.05, 0.1) is 0 Å². The SMILES string of the molecule is SCCCCCCSc1ncccc1Br. The van der Waals surface area contributed by atoms with Crippen LogP contribution >= 0.6 is 40.3 Å². The molecule has 0 amide bonds. The minimum absolute atomic E-state index is 1.01. The molecule has 0 bridgehead atoms. The maximum Gasteiger partial charge on any atom is 0.110 e. The van der Waals surface area contributed by atoms with Crippen molar-refractivity contribution in [2.75, 3.05) is 11.5 Å². The van der Waals surface area contributed by atoms with Gasteiger partial charge in [-0.2, -0.15) is 12.6 Å². The van der Waals surface area contributed by atoms with Crippen molar-refractivity contribution in [3.05, 3.63) is 22.8 Å². The van der Waals surface area contributed by atoms with Crippen molar-refractivity contribution in [1.82, 2.24) is 4.98 Å². The lowest BCUT2D eigenvalue weighted by molar-refractivity contribution is 0.711. The lowest BCUT2D eigenvalue weighted by Crippen LogP contribution is -1.85. The van der Waals surface area contributed by atoms with Crippen molar-refractivity contribution in [1.29, 1.82) is 0 Å². The van der Waals surface area contributed by atoms with Crippen molar-refractivity contribution < 1.29 is 0 Å². The summed E-state index contributed by atoms with van der Waals surface area (Å²) >= 11 is 9.52. The number of thiol groups is 1. The first-order valence-corrected chi connectivity index (χ1v) is 7.60. The van der Waals surface area contributed by atoms with Gasteiger partial charge in [-0.05, 0) is 52.4 Å². The van der Waals surface area contributed by atoms with Crippen LogP contribution in [-0.4, -0.2) is 16.5 Å². The molecule has 0 aliphatic carbocycles. The van der Waals surface area contributed by atoms with Gasteiger partial charge in [0, 0.05) is 10.7 Å². The Morgan fingerprint density at radius 3 is 2.80 bits per heavy atom. The summed E-state index contributed by atoms with van der Waals surface area (Å²) in [5, 5.41) is 1.10. The fourth-order valence-electron chi connectivity index (χ4n) is 1.21. The Morgan fingerprint density at radius 2 is 2.07 bits per heavy atom. The van der Waals surface area contributed by atoms with Crippen LogP contribution in [0.4, 0.5) is 0 Å². The monoisotopic (exact) mass is 305 g/mol. The van der Waals surface area contributed by atoms with Crippen molar-refractivity contribution in [2.24, 2.45) is 0 Å². The predicted octanol–water partition coefficient (Wildman–Crippen LogP) is 4.43. The Hall–Kier alpha value is 0.330. The molecule has 0 aromatic carbocycles. The zero-order valence-corrected chi connectivity index (χ0v) is 12.0. The molecule has 84 valence electrons. The number of unbranched alkanes of at least 4 members (excludes halogenated alkanes) is 3. The summed E-state index contributed by atoms with van der Waals surface area (Å²) in [4.78, 5) is 4.32. The standard InChI is InChI=1S/C11H16BrNS2/c12-10-6-5-7-13-11(10)15-9-4-2-1-3-8-14/h5-7,14H,1-4,8-9H2. The van der Waals surface area contributed by atoms with E-state index >= 15 is 0 Å². The molecule has 0 spiro atoms. The summed E-state index contributed by atoms with van der Waals surface area (Å²) in [6, 6.07) is 3.98.